The molecule has 0 saturated heterocycles. The molecule has 0 bridgehead atoms. The van der Waals surface area contributed by atoms with Gasteiger partial charge in [0.15, 0.2) is 0 Å². The van der Waals surface area contributed by atoms with Crippen molar-refractivity contribution < 1.29 is 22.5 Å². The van der Waals surface area contributed by atoms with Crippen LogP contribution in [0.5, 0.6) is 0 Å². The van der Waals surface area contributed by atoms with Crippen molar-refractivity contribution in [3.8, 4) is 0 Å². The molecule has 0 fully saturated rings. The number of carbonyl (C=O) groups is 1. The van der Waals surface area contributed by atoms with Crippen molar-refractivity contribution in [1.29, 1.82) is 0 Å². The summed E-state index contributed by atoms with van der Waals surface area (Å²) in [5, 5.41) is 3.60. The number of aromatic nitrogens is 1. The van der Waals surface area contributed by atoms with E-state index in [0.29, 0.717) is 5.76 Å². The van der Waals surface area contributed by atoms with E-state index in [-0.39, 0.29) is 11.4 Å². The summed E-state index contributed by atoms with van der Waals surface area (Å²) in [6.07, 6.45) is 0. The monoisotopic (exact) mass is 304 g/mol. The lowest BCUT2D eigenvalue weighted by molar-refractivity contribution is -0.156. The van der Waals surface area contributed by atoms with Gasteiger partial charge in [-0.3, -0.25) is 4.79 Å². The van der Waals surface area contributed by atoms with E-state index in [2.05, 4.69) is 9.88 Å². The SMILES string of the molecule is Cc1cc(CS(=O)(=O)N[C@H](C)C(=O)OC(C)(C)C)no1. The zero-order valence-corrected chi connectivity index (χ0v) is 13.1. The number of rotatable bonds is 5. The predicted octanol–water partition coefficient (Wildman–Crippen LogP) is 1.13. The molecule has 0 aliphatic rings. The molecule has 1 aromatic heterocycles. The number of nitrogens with zero attached hydrogens (tertiary/aromatic N) is 1. The molecule has 7 nitrogen and oxygen atoms in total. The molecular formula is C12H20N2O5S. The average molecular weight is 304 g/mol. The number of nitrogens with one attached hydrogen (secondary N) is 1. The first-order valence-corrected chi connectivity index (χ1v) is 7.79. The molecule has 0 amide bonds. The van der Waals surface area contributed by atoms with Crippen LogP contribution in [0.15, 0.2) is 10.6 Å². The molecule has 1 rings (SSSR count). The minimum Gasteiger partial charge on any atom is -0.459 e. The molecule has 20 heavy (non-hydrogen) atoms. The van der Waals surface area contributed by atoms with E-state index in [9.17, 15) is 13.2 Å². The molecule has 0 aromatic carbocycles. The maximum absolute atomic E-state index is 11.9. The molecule has 0 aliphatic carbocycles. The Labute approximate surface area is 118 Å². The van der Waals surface area contributed by atoms with Crippen LogP contribution in [0.2, 0.25) is 0 Å². The van der Waals surface area contributed by atoms with Gasteiger partial charge >= 0.3 is 5.97 Å². The number of hydrogen-bond donors (Lipinski definition) is 1. The summed E-state index contributed by atoms with van der Waals surface area (Å²) in [4.78, 5) is 11.7. The second-order valence-corrected chi connectivity index (χ2v) is 7.31. The fourth-order valence-electron chi connectivity index (χ4n) is 1.43. The molecular weight excluding hydrogens is 284 g/mol. The Balaban J connectivity index is 2.64. The number of ether oxygens (including phenoxy) is 1. The van der Waals surface area contributed by atoms with Gasteiger partial charge in [-0.25, -0.2) is 13.1 Å². The van der Waals surface area contributed by atoms with Gasteiger partial charge in [-0.15, -0.1) is 0 Å². The van der Waals surface area contributed by atoms with Crippen LogP contribution in [0.4, 0.5) is 0 Å². The number of sulfonamides is 1. The third kappa shape index (κ3) is 5.70. The van der Waals surface area contributed by atoms with Crippen LogP contribution < -0.4 is 4.72 Å². The number of carbonyl (C=O) groups excluding carboxylic acids is 1. The highest BCUT2D eigenvalue weighted by Crippen LogP contribution is 2.10. The molecule has 0 saturated carbocycles. The van der Waals surface area contributed by atoms with Crippen LogP contribution in [0, 0.1) is 6.92 Å². The number of aryl methyl sites for hydroxylation is 1. The Morgan fingerprint density at radius 1 is 1.50 bits per heavy atom. The smallest absolute Gasteiger partial charge is 0.324 e. The second kappa shape index (κ2) is 5.92. The van der Waals surface area contributed by atoms with Crippen LogP contribution in [0.25, 0.3) is 0 Å². The quantitative estimate of drug-likeness (QED) is 0.819. The minimum atomic E-state index is -3.69. The standard InChI is InChI=1S/C12H20N2O5S/c1-8-6-10(13-19-8)7-20(16,17)14-9(2)11(15)18-12(3,4)5/h6,9,14H,7H2,1-5H3/t9-/m1/s1. The van der Waals surface area contributed by atoms with Crippen LogP contribution in [0.3, 0.4) is 0 Å². The summed E-state index contributed by atoms with van der Waals surface area (Å²) in [5.41, 5.74) is -0.383. The Hall–Kier alpha value is -1.41. The molecule has 1 atom stereocenters. The van der Waals surface area contributed by atoms with Crippen LogP contribution in [-0.2, 0) is 25.3 Å². The van der Waals surface area contributed by atoms with E-state index in [1.165, 1.54) is 13.0 Å². The third-order valence-corrected chi connectivity index (χ3v) is 3.52. The van der Waals surface area contributed by atoms with Crippen LogP contribution in [0.1, 0.15) is 39.1 Å². The fourth-order valence-corrected chi connectivity index (χ4v) is 2.67. The molecule has 8 heteroatoms. The molecule has 0 spiro atoms. The van der Waals surface area contributed by atoms with Crippen molar-refractivity contribution in [2.45, 2.75) is 52.0 Å². The maximum Gasteiger partial charge on any atom is 0.324 e. The second-order valence-electron chi connectivity index (χ2n) is 5.56. The summed E-state index contributed by atoms with van der Waals surface area (Å²) in [6.45, 7) is 8.23. The van der Waals surface area contributed by atoms with Crippen molar-refractivity contribution >= 4 is 16.0 Å². The zero-order chi connectivity index (χ0) is 15.6. The maximum atomic E-state index is 11.9. The molecule has 1 N–H and O–H groups in total. The molecule has 1 aromatic rings. The van der Waals surface area contributed by atoms with Crippen LogP contribution >= 0.6 is 0 Å². The lowest BCUT2D eigenvalue weighted by Gasteiger charge is -2.22. The van der Waals surface area contributed by atoms with E-state index in [0.717, 1.165) is 0 Å². The number of hydrogen-bond acceptors (Lipinski definition) is 6. The van der Waals surface area contributed by atoms with Crippen molar-refractivity contribution in [2.75, 3.05) is 0 Å². The van der Waals surface area contributed by atoms with Gasteiger partial charge in [0.1, 0.15) is 28.8 Å². The third-order valence-electron chi connectivity index (χ3n) is 2.13. The van der Waals surface area contributed by atoms with Gasteiger partial charge in [0.05, 0.1) is 0 Å². The summed E-state index contributed by atoms with van der Waals surface area (Å²) in [6, 6.07) is 0.560. The minimum absolute atomic E-state index is 0.284. The van der Waals surface area contributed by atoms with Gasteiger partial charge in [0.25, 0.3) is 0 Å². The van der Waals surface area contributed by atoms with Gasteiger partial charge in [0.2, 0.25) is 10.0 Å². The first-order valence-electron chi connectivity index (χ1n) is 6.13. The van der Waals surface area contributed by atoms with Gasteiger partial charge in [0, 0.05) is 6.07 Å². The molecule has 0 radical (unpaired) electrons. The van der Waals surface area contributed by atoms with E-state index in [1.54, 1.807) is 27.7 Å². The Bertz CT molecular complexity index is 571. The van der Waals surface area contributed by atoms with Gasteiger partial charge in [-0.05, 0) is 34.6 Å². The Morgan fingerprint density at radius 3 is 2.55 bits per heavy atom. The summed E-state index contributed by atoms with van der Waals surface area (Å²) >= 11 is 0. The first kappa shape index (κ1) is 16.6. The van der Waals surface area contributed by atoms with E-state index in [1.807, 2.05) is 0 Å². The Kier molecular flexibility index (Phi) is 4.93. The Morgan fingerprint density at radius 2 is 2.10 bits per heavy atom. The van der Waals surface area contributed by atoms with E-state index in [4.69, 9.17) is 9.26 Å². The molecule has 1 heterocycles. The lowest BCUT2D eigenvalue weighted by Crippen LogP contribution is -2.42. The van der Waals surface area contributed by atoms with Gasteiger partial charge in [-0.2, -0.15) is 0 Å². The van der Waals surface area contributed by atoms with Crippen molar-refractivity contribution in [3.05, 3.63) is 17.5 Å². The topological polar surface area (TPSA) is 98.5 Å². The molecule has 0 unspecified atom stereocenters. The predicted molar refractivity (Wildman–Crippen MR) is 72.3 cm³/mol. The lowest BCUT2D eigenvalue weighted by atomic mass is 10.2. The summed E-state index contributed by atoms with van der Waals surface area (Å²) < 4.78 is 35.9. The highest BCUT2D eigenvalue weighted by Gasteiger charge is 2.26. The first-order chi connectivity index (χ1) is 8.98. The summed E-state index contributed by atoms with van der Waals surface area (Å²) in [5.74, 6) is -0.454. The molecule has 0 aliphatic heterocycles. The van der Waals surface area contributed by atoms with Crippen molar-refractivity contribution in [3.63, 3.8) is 0 Å². The highest BCUT2D eigenvalue weighted by molar-refractivity contribution is 7.88. The normalized spacial score (nSPS) is 14.1. The van der Waals surface area contributed by atoms with E-state index < -0.39 is 27.6 Å². The van der Waals surface area contributed by atoms with Gasteiger partial charge < -0.3 is 9.26 Å². The number of esters is 1. The van der Waals surface area contributed by atoms with Gasteiger partial charge in [-0.1, -0.05) is 5.16 Å². The van der Waals surface area contributed by atoms with E-state index >= 15 is 0 Å². The van der Waals surface area contributed by atoms with Crippen molar-refractivity contribution in [1.82, 2.24) is 9.88 Å². The molecule has 114 valence electrons. The fraction of sp³-hybridized carbons (Fsp3) is 0.667. The van der Waals surface area contributed by atoms with Crippen molar-refractivity contribution in [2.24, 2.45) is 0 Å². The summed E-state index contributed by atoms with van der Waals surface area (Å²) in [7, 11) is -3.69. The zero-order valence-electron chi connectivity index (χ0n) is 12.3. The largest absolute Gasteiger partial charge is 0.459 e. The highest BCUT2D eigenvalue weighted by atomic mass is 32.2. The van der Waals surface area contributed by atoms with Crippen LogP contribution in [-0.4, -0.2) is 31.2 Å². The average Bonchev–Trinajstić information content (AvgIpc) is 2.59.